The Morgan fingerprint density at radius 1 is 1.42 bits per heavy atom. The molecular formula is C11H12ClN3O3S. The molecule has 0 unspecified atom stereocenters. The molecule has 1 heterocycles. The zero-order valence-corrected chi connectivity index (χ0v) is 11.7. The SMILES string of the molecule is Cc1cccc(OCCc2nc(S(=O)(=O)Cl)n[nH]2)c1. The van der Waals surface area contributed by atoms with Crippen molar-refractivity contribution in [1.29, 1.82) is 0 Å². The summed E-state index contributed by atoms with van der Waals surface area (Å²) in [5.74, 6) is 1.16. The van der Waals surface area contributed by atoms with Crippen molar-refractivity contribution < 1.29 is 13.2 Å². The molecule has 0 atom stereocenters. The molecule has 0 aliphatic heterocycles. The summed E-state index contributed by atoms with van der Waals surface area (Å²) in [6.45, 7) is 2.33. The summed E-state index contributed by atoms with van der Waals surface area (Å²) < 4.78 is 27.5. The number of aryl methyl sites for hydroxylation is 1. The van der Waals surface area contributed by atoms with Crippen LogP contribution in [-0.2, 0) is 15.5 Å². The Morgan fingerprint density at radius 3 is 2.84 bits per heavy atom. The van der Waals surface area contributed by atoms with Gasteiger partial charge in [-0.05, 0) is 24.6 Å². The van der Waals surface area contributed by atoms with E-state index in [9.17, 15) is 8.42 Å². The summed E-state index contributed by atoms with van der Waals surface area (Å²) in [6, 6.07) is 7.63. The second-order valence-corrected chi connectivity index (χ2v) is 6.38. The van der Waals surface area contributed by atoms with Crippen molar-refractivity contribution >= 4 is 19.7 Å². The highest BCUT2D eigenvalue weighted by atomic mass is 35.7. The van der Waals surface area contributed by atoms with Crippen molar-refractivity contribution in [1.82, 2.24) is 15.2 Å². The maximum atomic E-state index is 11.0. The van der Waals surface area contributed by atoms with E-state index in [1.54, 1.807) is 0 Å². The van der Waals surface area contributed by atoms with Gasteiger partial charge in [-0.3, -0.25) is 5.10 Å². The average molecular weight is 302 g/mol. The third-order valence-electron chi connectivity index (χ3n) is 2.33. The Kier molecular flexibility index (Phi) is 4.06. The molecule has 1 N–H and O–H groups in total. The number of aromatic nitrogens is 3. The van der Waals surface area contributed by atoms with Crippen molar-refractivity contribution in [3.63, 3.8) is 0 Å². The molecule has 0 aliphatic rings. The first kappa shape index (κ1) is 13.8. The summed E-state index contributed by atoms with van der Waals surface area (Å²) in [5, 5.41) is 5.60. The van der Waals surface area contributed by atoms with E-state index in [-0.39, 0.29) is 0 Å². The van der Waals surface area contributed by atoms with Crippen LogP contribution in [-0.4, -0.2) is 30.2 Å². The number of nitrogens with one attached hydrogen (secondary N) is 1. The van der Waals surface area contributed by atoms with E-state index in [1.165, 1.54) is 0 Å². The Bertz CT molecular complexity index is 669. The second-order valence-electron chi connectivity index (χ2n) is 3.92. The molecule has 0 bridgehead atoms. The first-order chi connectivity index (χ1) is 8.95. The number of aromatic amines is 1. The van der Waals surface area contributed by atoms with E-state index in [1.807, 2.05) is 31.2 Å². The number of halogens is 1. The lowest BCUT2D eigenvalue weighted by atomic mass is 10.2. The van der Waals surface area contributed by atoms with Gasteiger partial charge in [-0.2, -0.15) is 0 Å². The van der Waals surface area contributed by atoms with Crippen LogP contribution >= 0.6 is 10.7 Å². The maximum Gasteiger partial charge on any atom is 0.298 e. The van der Waals surface area contributed by atoms with Gasteiger partial charge in [0.1, 0.15) is 11.6 Å². The van der Waals surface area contributed by atoms with Gasteiger partial charge in [0.25, 0.3) is 14.2 Å². The molecule has 1 aromatic carbocycles. The van der Waals surface area contributed by atoms with Crippen LogP contribution in [0.5, 0.6) is 5.75 Å². The van der Waals surface area contributed by atoms with Crippen LogP contribution in [0.1, 0.15) is 11.4 Å². The van der Waals surface area contributed by atoms with E-state index in [0.717, 1.165) is 11.3 Å². The van der Waals surface area contributed by atoms with Crippen LogP contribution in [0.25, 0.3) is 0 Å². The number of nitrogens with zero attached hydrogens (tertiary/aromatic N) is 2. The summed E-state index contributed by atoms with van der Waals surface area (Å²) in [7, 11) is 1.23. The Hall–Kier alpha value is -1.60. The molecule has 1 aromatic heterocycles. The van der Waals surface area contributed by atoms with Gasteiger partial charge in [-0.25, -0.2) is 13.4 Å². The predicted molar refractivity (Wildman–Crippen MR) is 69.8 cm³/mol. The van der Waals surface area contributed by atoms with Crippen LogP contribution in [0.2, 0.25) is 0 Å². The van der Waals surface area contributed by atoms with E-state index < -0.39 is 14.2 Å². The monoisotopic (exact) mass is 301 g/mol. The van der Waals surface area contributed by atoms with E-state index >= 15 is 0 Å². The lowest BCUT2D eigenvalue weighted by Gasteiger charge is -2.05. The quantitative estimate of drug-likeness (QED) is 0.849. The zero-order valence-electron chi connectivity index (χ0n) is 10.1. The number of hydrogen-bond acceptors (Lipinski definition) is 5. The number of H-pyrrole nitrogens is 1. The first-order valence-corrected chi connectivity index (χ1v) is 7.81. The molecule has 0 amide bonds. The number of benzene rings is 1. The minimum atomic E-state index is -3.89. The molecule has 2 rings (SSSR count). The van der Waals surface area contributed by atoms with Crippen molar-refractivity contribution in [2.24, 2.45) is 0 Å². The Labute approximate surface area is 115 Å². The zero-order chi connectivity index (χ0) is 13.9. The highest BCUT2D eigenvalue weighted by molar-refractivity contribution is 8.13. The van der Waals surface area contributed by atoms with Crippen LogP contribution < -0.4 is 4.74 Å². The smallest absolute Gasteiger partial charge is 0.298 e. The molecule has 8 heteroatoms. The molecular weight excluding hydrogens is 290 g/mol. The number of rotatable bonds is 5. The molecule has 0 saturated carbocycles. The summed E-state index contributed by atoms with van der Waals surface area (Å²) in [6.07, 6.45) is 0.410. The normalized spacial score (nSPS) is 11.5. The fraction of sp³-hybridized carbons (Fsp3) is 0.273. The summed E-state index contributed by atoms with van der Waals surface area (Å²) >= 11 is 0. The fourth-order valence-corrected chi connectivity index (χ4v) is 2.05. The molecule has 102 valence electrons. The molecule has 0 fully saturated rings. The highest BCUT2D eigenvalue weighted by Gasteiger charge is 2.16. The van der Waals surface area contributed by atoms with Crippen LogP contribution in [0.15, 0.2) is 29.4 Å². The van der Waals surface area contributed by atoms with Gasteiger partial charge in [-0.1, -0.05) is 12.1 Å². The van der Waals surface area contributed by atoms with E-state index in [2.05, 4.69) is 15.2 Å². The molecule has 0 saturated heterocycles. The molecule has 2 aromatic rings. The number of ether oxygens (including phenoxy) is 1. The summed E-state index contributed by atoms with van der Waals surface area (Å²) in [4.78, 5) is 3.76. The lowest BCUT2D eigenvalue weighted by Crippen LogP contribution is -2.03. The van der Waals surface area contributed by atoms with Gasteiger partial charge in [0.15, 0.2) is 0 Å². The standard InChI is InChI=1S/C11H12ClN3O3S/c1-8-3-2-4-9(7-8)18-6-5-10-13-11(15-14-10)19(12,16)17/h2-4,7H,5-6H2,1H3,(H,13,14,15). The third-order valence-corrected chi connectivity index (χ3v) is 3.36. The van der Waals surface area contributed by atoms with E-state index in [4.69, 9.17) is 15.4 Å². The third kappa shape index (κ3) is 3.93. The first-order valence-electron chi connectivity index (χ1n) is 5.50. The van der Waals surface area contributed by atoms with Crippen LogP contribution in [0.4, 0.5) is 0 Å². The van der Waals surface area contributed by atoms with E-state index in [0.29, 0.717) is 18.9 Å². The minimum Gasteiger partial charge on any atom is -0.493 e. The minimum absolute atomic E-state index is 0.362. The van der Waals surface area contributed by atoms with Gasteiger partial charge >= 0.3 is 0 Å². The van der Waals surface area contributed by atoms with Crippen molar-refractivity contribution in [3.8, 4) is 5.75 Å². The van der Waals surface area contributed by atoms with Gasteiger partial charge in [0, 0.05) is 17.1 Å². The molecule has 6 nitrogen and oxygen atoms in total. The molecule has 0 aliphatic carbocycles. The molecule has 19 heavy (non-hydrogen) atoms. The fourth-order valence-electron chi connectivity index (χ4n) is 1.47. The molecule has 0 radical (unpaired) electrons. The predicted octanol–water partition coefficient (Wildman–Crippen LogP) is 1.66. The molecule has 0 spiro atoms. The largest absolute Gasteiger partial charge is 0.493 e. The lowest BCUT2D eigenvalue weighted by molar-refractivity contribution is 0.319. The van der Waals surface area contributed by atoms with Gasteiger partial charge in [0.2, 0.25) is 0 Å². The average Bonchev–Trinajstić information content (AvgIpc) is 2.77. The topological polar surface area (TPSA) is 84.9 Å². The summed E-state index contributed by atoms with van der Waals surface area (Å²) in [5.41, 5.74) is 1.10. The second kappa shape index (κ2) is 5.58. The Morgan fingerprint density at radius 2 is 2.21 bits per heavy atom. The van der Waals surface area contributed by atoms with Gasteiger partial charge < -0.3 is 4.74 Å². The maximum absolute atomic E-state index is 11.0. The van der Waals surface area contributed by atoms with Crippen LogP contribution in [0.3, 0.4) is 0 Å². The Balaban J connectivity index is 1.91. The van der Waals surface area contributed by atoms with Gasteiger partial charge in [-0.15, -0.1) is 5.10 Å². The van der Waals surface area contributed by atoms with Crippen LogP contribution in [0, 0.1) is 6.92 Å². The van der Waals surface area contributed by atoms with Gasteiger partial charge in [0.05, 0.1) is 6.61 Å². The van der Waals surface area contributed by atoms with Crippen molar-refractivity contribution in [2.75, 3.05) is 6.61 Å². The van der Waals surface area contributed by atoms with Crippen molar-refractivity contribution in [2.45, 2.75) is 18.5 Å². The van der Waals surface area contributed by atoms with Crippen molar-refractivity contribution in [3.05, 3.63) is 35.7 Å². The number of hydrogen-bond donors (Lipinski definition) is 1. The highest BCUT2D eigenvalue weighted by Crippen LogP contribution is 2.13.